The highest BCUT2D eigenvalue weighted by Gasteiger charge is 2.19. The molecule has 0 N–H and O–H groups in total. The van der Waals surface area contributed by atoms with Crippen molar-refractivity contribution in [3.05, 3.63) is 230 Å². The third-order valence-electron chi connectivity index (χ3n) is 11.3. The molecular weight excluding hydrogens is 731 g/mol. The SMILES string of the molecule is COc1cccc(N(c2ccc(N(c3ccccc3)c3ccc4c(c3)c3ccccc3n4-c3cccc(-c4ccc(-c5ccccc5)cc4)c3)cc2)c2cccc(C)c2)c1. The number of hydrogen-bond acceptors (Lipinski definition) is 3. The van der Waals surface area contributed by atoms with Crippen molar-refractivity contribution >= 4 is 55.9 Å². The molecule has 0 atom stereocenters. The van der Waals surface area contributed by atoms with Crippen molar-refractivity contribution in [2.45, 2.75) is 6.92 Å². The van der Waals surface area contributed by atoms with E-state index in [1.807, 2.05) is 12.1 Å². The van der Waals surface area contributed by atoms with Crippen molar-refractivity contribution in [3.63, 3.8) is 0 Å². The first-order valence-electron chi connectivity index (χ1n) is 20.4. The van der Waals surface area contributed by atoms with Crippen LogP contribution in [0, 0.1) is 6.92 Å². The van der Waals surface area contributed by atoms with E-state index in [2.05, 4.69) is 234 Å². The Morgan fingerprint density at radius 2 is 0.850 bits per heavy atom. The average Bonchev–Trinajstić information content (AvgIpc) is 3.64. The Balaban J connectivity index is 1.05. The first-order chi connectivity index (χ1) is 29.6. The van der Waals surface area contributed by atoms with E-state index < -0.39 is 0 Å². The highest BCUT2D eigenvalue weighted by Crippen LogP contribution is 2.42. The van der Waals surface area contributed by atoms with E-state index in [9.17, 15) is 0 Å². The molecule has 288 valence electrons. The van der Waals surface area contributed by atoms with Crippen LogP contribution in [0.4, 0.5) is 34.1 Å². The topological polar surface area (TPSA) is 20.6 Å². The molecule has 4 nitrogen and oxygen atoms in total. The number of hydrogen-bond donors (Lipinski definition) is 0. The number of aryl methyl sites for hydroxylation is 1. The van der Waals surface area contributed by atoms with Gasteiger partial charge in [-0.3, -0.25) is 0 Å². The number of anilines is 6. The second kappa shape index (κ2) is 15.8. The fourth-order valence-electron chi connectivity index (χ4n) is 8.43. The highest BCUT2D eigenvalue weighted by molar-refractivity contribution is 6.10. The van der Waals surface area contributed by atoms with Crippen LogP contribution in [-0.4, -0.2) is 11.7 Å². The van der Waals surface area contributed by atoms with Gasteiger partial charge in [0.2, 0.25) is 0 Å². The lowest BCUT2D eigenvalue weighted by atomic mass is 10.00. The number of methoxy groups -OCH3 is 1. The zero-order valence-corrected chi connectivity index (χ0v) is 33.6. The van der Waals surface area contributed by atoms with Crippen molar-refractivity contribution in [1.29, 1.82) is 0 Å². The normalized spacial score (nSPS) is 11.2. The maximum absolute atomic E-state index is 5.64. The van der Waals surface area contributed by atoms with Crippen LogP contribution in [0.25, 0.3) is 49.7 Å². The molecule has 4 heteroatoms. The Hall–Kier alpha value is -7.82. The molecule has 1 aromatic heterocycles. The summed E-state index contributed by atoms with van der Waals surface area (Å²) in [4.78, 5) is 4.62. The smallest absolute Gasteiger partial charge is 0.120 e. The molecule has 1 heterocycles. The van der Waals surface area contributed by atoms with E-state index in [0.29, 0.717) is 0 Å². The molecule has 0 aliphatic carbocycles. The van der Waals surface area contributed by atoms with E-state index >= 15 is 0 Å². The van der Waals surface area contributed by atoms with Crippen LogP contribution >= 0.6 is 0 Å². The maximum Gasteiger partial charge on any atom is 0.120 e. The Labute approximate surface area is 351 Å². The molecule has 0 fully saturated rings. The van der Waals surface area contributed by atoms with Gasteiger partial charge in [-0.05, 0) is 132 Å². The lowest BCUT2D eigenvalue weighted by Gasteiger charge is -2.28. The van der Waals surface area contributed by atoms with Crippen molar-refractivity contribution in [2.24, 2.45) is 0 Å². The minimum absolute atomic E-state index is 0.815. The first-order valence-corrected chi connectivity index (χ1v) is 20.4. The van der Waals surface area contributed by atoms with Crippen LogP contribution in [0.5, 0.6) is 5.75 Å². The number of nitrogens with zero attached hydrogens (tertiary/aromatic N) is 3. The zero-order valence-electron chi connectivity index (χ0n) is 33.6. The van der Waals surface area contributed by atoms with E-state index in [0.717, 1.165) is 51.1 Å². The third-order valence-corrected chi connectivity index (χ3v) is 11.3. The van der Waals surface area contributed by atoms with Crippen LogP contribution in [0.2, 0.25) is 0 Å². The molecule has 0 radical (unpaired) electrons. The molecule has 0 spiro atoms. The summed E-state index contributed by atoms with van der Waals surface area (Å²) in [7, 11) is 1.71. The average molecular weight is 774 g/mol. The van der Waals surface area contributed by atoms with Gasteiger partial charge in [-0.25, -0.2) is 0 Å². The summed E-state index contributed by atoms with van der Waals surface area (Å²) in [6.45, 7) is 2.13. The van der Waals surface area contributed by atoms with Gasteiger partial charge in [0.05, 0.1) is 18.1 Å². The van der Waals surface area contributed by atoms with E-state index in [-0.39, 0.29) is 0 Å². The Kier molecular flexibility index (Phi) is 9.64. The quantitative estimate of drug-likeness (QED) is 0.138. The third kappa shape index (κ3) is 6.95. The van der Waals surface area contributed by atoms with Crippen LogP contribution in [-0.2, 0) is 0 Å². The molecule has 9 aromatic carbocycles. The summed E-state index contributed by atoms with van der Waals surface area (Å²) in [6, 6.07) is 80.2. The molecule has 0 saturated heterocycles. The number of rotatable bonds is 10. The molecule has 60 heavy (non-hydrogen) atoms. The summed E-state index contributed by atoms with van der Waals surface area (Å²) >= 11 is 0. The summed E-state index contributed by atoms with van der Waals surface area (Å²) in [5.41, 5.74) is 15.9. The molecule has 0 aliphatic heterocycles. The van der Waals surface area contributed by atoms with Crippen molar-refractivity contribution in [2.75, 3.05) is 16.9 Å². The van der Waals surface area contributed by atoms with Crippen LogP contribution < -0.4 is 14.5 Å². The lowest BCUT2D eigenvalue weighted by Crippen LogP contribution is -2.12. The predicted molar refractivity (Wildman–Crippen MR) is 252 cm³/mol. The second-order valence-electron chi connectivity index (χ2n) is 15.1. The summed E-state index contributed by atoms with van der Waals surface area (Å²) in [6.07, 6.45) is 0. The Morgan fingerprint density at radius 1 is 0.350 bits per heavy atom. The fourth-order valence-corrected chi connectivity index (χ4v) is 8.43. The molecule has 0 saturated carbocycles. The molecule has 0 unspecified atom stereocenters. The minimum Gasteiger partial charge on any atom is -0.497 e. The van der Waals surface area contributed by atoms with Gasteiger partial charge in [-0.15, -0.1) is 0 Å². The number of para-hydroxylation sites is 2. The van der Waals surface area contributed by atoms with Crippen LogP contribution in [0.1, 0.15) is 5.56 Å². The van der Waals surface area contributed by atoms with Crippen molar-refractivity contribution in [3.8, 4) is 33.7 Å². The summed E-state index contributed by atoms with van der Waals surface area (Å²) < 4.78 is 8.04. The monoisotopic (exact) mass is 773 g/mol. The molecule has 10 rings (SSSR count). The van der Waals surface area contributed by atoms with Gasteiger partial charge in [-0.2, -0.15) is 0 Å². The molecule has 10 aromatic rings. The van der Waals surface area contributed by atoms with Gasteiger partial charge in [-0.1, -0.05) is 121 Å². The van der Waals surface area contributed by atoms with Gasteiger partial charge in [0.15, 0.2) is 0 Å². The van der Waals surface area contributed by atoms with Gasteiger partial charge in [0.25, 0.3) is 0 Å². The summed E-state index contributed by atoms with van der Waals surface area (Å²) in [5.74, 6) is 0.815. The van der Waals surface area contributed by atoms with E-state index in [1.54, 1.807) is 7.11 Å². The zero-order chi connectivity index (χ0) is 40.4. The van der Waals surface area contributed by atoms with Crippen molar-refractivity contribution < 1.29 is 4.74 Å². The largest absolute Gasteiger partial charge is 0.497 e. The molecule has 0 bridgehead atoms. The maximum atomic E-state index is 5.64. The highest BCUT2D eigenvalue weighted by atomic mass is 16.5. The van der Waals surface area contributed by atoms with Gasteiger partial charge >= 0.3 is 0 Å². The first kappa shape index (κ1) is 36.5. The van der Waals surface area contributed by atoms with Crippen molar-refractivity contribution in [1.82, 2.24) is 4.57 Å². The number of benzene rings is 9. The van der Waals surface area contributed by atoms with Gasteiger partial charge < -0.3 is 19.1 Å². The number of aromatic nitrogens is 1. The summed E-state index contributed by atoms with van der Waals surface area (Å²) in [5, 5.41) is 2.41. The van der Waals surface area contributed by atoms with E-state index in [1.165, 1.54) is 44.1 Å². The predicted octanol–water partition coefficient (Wildman–Crippen LogP) is 15.4. The molecule has 0 amide bonds. The lowest BCUT2D eigenvalue weighted by molar-refractivity contribution is 0.415. The Bertz CT molecular complexity index is 3080. The van der Waals surface area contributed by atoms with Gasteiger partial charge in [0.1, 0.15) is 5.75 Å². The number of fused-ring (bicyclic) bond motifs is 3. The second-order valence-corrected chi connectivity index (χ2v) is 15.1. The van der Waals surface area contributed by atoms with Crippen LogP contribution in [0.15, 0.2) is 224 Å². The Morgan fingerprint density at radius 3 is 1.57 bits per heavy atom. The van der Waals surface area contributed by atoms with Gasteiger partial charge in [0, 0.05) is 56.7 Å². The number of ether oxygens (including phenoxy) is 1. The standard InChI is InChI=1S/C56H43N3O/c1-40-14-11-20-48(36-40)58(50-22-13-23-52(38-50)60-2)47-32-30-46(31-33-47)57(45-18-7-4-8-19-45)51-34-35-56-54(39-51)53-24-9-10-25-55(53)59(56)49-21-12-17-44(37-49)43-28-26-42(27-29-43)41-15-5-3-6-16-41/h3-39H,1-2H3. The fraction of sp³-hybridized carbons (Fsp3) is 0.0357. The van der Waals surface area contributed by atoms with E-state index in [4.69, 9.17) is 4.74 Å². The molecular formula is C56H43N3O. The molecule has 0 aliphatic rings. The minimum atomic E-state index is 0.815. The van der Waals surface area contributed by atoms with Crippen LogP contribution in [0.3, 0.4) is 0 Å².